The topological polar surface area (TPSA) is 30.5 Å². The highest BCUT2D eigenvalue weighted by molar-refractivity contribution is 5.42. The van der Waals surface area contributed by atoms with Crippen LogP contribution in [0.4, 0.5) is 0 Å². The number of nitrogens with one attached hydrogen (secondary N) is 1. The lowest BCUT2D eigenvalue weighted by molar-refractivity contribution is 0.392. The second-order valence-electron chi connectivity index (χ2n) is 4.81. The van der Waals surface area contributed by atoms with Crippen molar-refractivity contribution in [1.82, 2.24) is 5.32 Å². The summed E-state index contributed by atoms with van der Waals surface area (Å²) in [6, 6.07) is 6.37. The first-order valence-corrected chi connectivity index (χ1v) is 6.93. The Balaban J connectivity index is 2.34. The Hall–Kier alpha value is -1.48. The standard InChI is InChI=1S/C16H23NO2/c1-4-17-16(12-7-5-6-8-12)13-9-14(18-2)11-15(10-13)19-3/h7,9-11,16-17H,4-6,8H2,1-3H3. The highest BCUT2D eigenvalue weighted by atomic mass is 16.5. The first-order chi connectivity index (χ1) is 9.28. The van der Waals surface area contributed by atoms with Crippen molar-refractivity contribution in [2.75, 3.05) is 20.8 Å². The summed E-state index contributed by atoms with van der Waals surface area (Å²) >= 11 is 0. The first kappa shape index (κ1) is 13.9. The summed E-state index contributed by atoms with van der Waals surface area (Å²) in [5, 5.41) is 3.56. The molecule has 0 aliphatic heterocycles. The summed E-state index contributed by atoms with van der Waals surface area (Å²) in [5.74, 6) is 1.69. The number of allylic oxidation sites excluding steroid dienone is 1. The van der Waals surface area contributed by atoms with Crippen LogP contribution in [0.5, 0.6) is 11.5 Å². The molecule has 1 unspecified atom stereocenters. The van der Waals surface area contributed by atoms with Gasteiger partial charge in [-0.3, -0.25) is 0 Å². The van der Waals surface area contributed by atoms with Crippen LogP contribution in [0, 0.1) is 0 Å². The van der Waals surface area contributed by atoms with E-state index >= 15 is 0 Å². The second-order valence-corrected chi connectivity index (χ2v) is 4.81. The van der Waals surface area contributed by atoms with Gasteiger partial charge >= 0.3 is 0 Å². The van der Waals surface area contributed by atoms with E-state index < -0.39 is 0 Å². The molecule has 1 atom stereocenters. The van der Waals surface area contributed by atoms with Crippen molar-refractivity contribution >= 4 is 0 Å². The number of methoxy groups -OCH3 is 2. The van der Waals surface area contributed by atoms with E-state index in [2.05, 4.69) is 30.4 Å². The molecule has 0 amide bonds. The van der Waals surface area contributed by atoms with Gasteiger partial charge in [0.05, 0.1) is 20.3 Å². The molecule has 104 valence electrons. The molecule has 19 heavy (non-hydrogen) atoms. The molecular weight excluding hydrogens is 238 g/mol. The van der Waals surface area contributed by atoms with Gasteiger partial charge in [0.2, 0.25) is 0 Å². The maximum absolute atomic E-state index is 5.36. The smallest absolute Gasteiger partial charge is 0.122 e. The first-order valence-electron chi connectivity index (χ1n) is 6.93. The van der Waals surface area contributed by atoms with Gasteiger partial charge in [0.1, 0.15) is 11.5 Å². The van der Waals surface area contributed by atoms with E-state index in [-0.39, 0.29) is 6.04 Å². The SMILES string of the molecule is CCNC(C1=CCCC1)c1cc(OC)cc(OC)c1. The third kappa shape index (κ3) is 3.29. The van der Waals surface area contributed by atoms with Gasteiger partial charge in [0, 0.05) is 6.07 Å². The molecule has 0 radical (unpaired) electrons. The number of hydrogen-bond donors (Lipinski definition) is 1. The second kappa shape index (κ2) is 6.62. The number of rotatable bonds is 6. The van der Waals surface area contributed by atoms with Crippen LogP contribution < -0.4 is 14.8 Å². The van der Waals surface area contributed by atoms with Gasteiger partial charge in [-0.25, -0.2) is 0 Å². The zero-order valence-corrected chi connectivity index (χ0v) is 12.0. The van der Waals surface area contributed by atoms with Gasteiger partial charge in [0.25, 0.3) is 0 Å². The zero-order chi connectivity index (χ0) is 13.7. The van der Waals surface area contributed by atoms with Gasteiger partial charge in [-0.05, 0) is 43.5 Å². The molecule has 1 N–H and O–H groups in total. The molecule has 1 aliphatic carbocycles. The molecular formula is C16H23NO2. The van der Waals surface area contributed by atoms with Crippen LogP contribution in [0.15, 0.2) is 29.8 Å². The normalized spacial score (nSPS) is 16.1. The Kier molecular flexibility index (Phi) is 4.86. The van der Waals surface area contributed by atoms with Crippen molar-refractivity contribution in [2.24, 2.45) is 0 Å². The summed E-state index contributed by atoms with van der Waals surface area (Å²) in [7, 11) is 3.38. The molecule has 0 heterocycles. The summed E-state index contributed by atoms with van der Waals surface area (Å²) in [5.41, 5.74) is 2.70. The fourth-order valence-electron chi connectivity index (χ4n) is 2.62. The Labute approximate surface area is 115 Å². The van der Waals surface area contributed by atoms with E-state index in [1.54, 1.807) is 14.2 Å². The minimum atomic E-state index is 0.275. The predicted molar refractivity (Wildman–Crippen MR) is 77.9 cm³/mol. The van der Waals surface area contributed by atoms with Crippen LogP contribution in [0.1, 0.15) is 37.8 Å². The van der Waals surface area contributed by atoms with Crippen LogP contribution >= 0.6 is 0 Å². The van der Waals surface area contributed by atoms with Gasteiger partial charge in [0.15, 0.2) is 0 Å². The van der Waals surface area contributed by atoms with E-state index in [1.165, 1.54) is 30.4 Å². The maximum atomic E-state index is 5.36. The summed E-state index contributed by atoms with van der Waals surface area (Å²) < 4.78 is 10.7. The lowest BCUT2D eigenvalue weighted by Gasteiger charge is -2.21. The van der Waals surface area contributed by atoms with Gasteiger partial charge in [-0.1, -0.05) is 18.6 Å². The van der Waals surface area contributed by atoms with E-state index in [0.29, 0.717) is 0 Å². The number of hydrogen-bond acceptors (Lipinski definition) is 3. The van der Waals surface area contributed by atoms with Crippen molar-refractivity contribution in [3.63, 3.8) is 0 Å². The minimum Gasteiger partial charge on any atom is -0.497 e. The fraction of sp³-hybridized carbons (Fsp3) is 0.500. The summed E-state index contributed by atoms with van der Waals surface area (Å²) in [4.78, 5) is 0. The highest BCUT2D eigenvalue weighted by Gasteiger charge is 2.19. The van der Waals surface area contributed by atoms with E-state index in [1.807, 2.05) is 6.07 Å². The Morgan fingerprint density at radius 3 is 2.32 bits per heavy atom. The largest absolute Gasteiger partial charge is 0.497 e. The molecule has 1 aromatic carbocycles. The maximum Gasteiger partial charge on any atom is 0.122 e. The van der Waals surface area contributed by atoms with Crippen LogP contribution in [0.2, 0.25) is 0 Å². The highest BCUT2D eigenvalue weighted by Crippen LogP contribution is 2.34. The summed E-state index contributed by atoms with van der Waals surface area (Å²) in [6.07, 6.45) is 5.99. The molecule has 3 nitrogen and oxygen atoms in total. The minimum absolute atomic E-state index is 0.275. The van der Waals surface area contributed by atoms with Crippen LogP contribution in [-0.2, 0) is 0 Å². The van der Waals surface area contributed by atoms with Gasteiger partial charge < -0.3 is 14.8 Å². The molecule has 2 rings (SSSR count). The predicted octanol–water partition coefficient (Wildman–Crippen LogP) is 3.46. The quantitative estimate of drug-likeness (QED) is 0.795. The number of likely N-dealkylation sites (N-methyl/N-ethyl adjacent to an activating group) is 1. The van der Waals surface area contributed by atoms with Crippen molar-refractivity contribution in [1.29, 1.82) is 0 Å². The molecule has 3 heteroatoms. The zero-order valence-electron chi connectivity index (χ0n) is 12.0. The van der Waals surface area contributed by atoms with Gasteiger partial charge in [-0.15, -0.1) is 0 Å². The van der Waals surface area contributed by atoms with Gasteiger partial charge in [-0.2, -0.15) is 0 Å². The average Bonchev–Trinajstić information content (AvgIpc) is 2.97. The molecule has 0 spiro atoms. The van der Waals surface area contributed by atoms with Crippen molar-refractivity contribution < 1.29 is 9.47 Å². The fourth-order valence-corrected chi connectivity index (χ4v) is 2.62. The van der Waals surface area contributed by atoms with Crippen LogP contribution in [0.25, 0.3) is 0 Å². The van der Waals surface area contributed by atoms with E-state index in [0.717, 1.165) is 18.0 Å². The van der Waals surface area contributed by atoms with Crippen molar-refractivity contribution in [3.05, 3.63) is 35.4 Å². The van der Waals surface area contributed by atoms with Crippen LogP contribution in [0.3, 0.4) is 0 Å². The van der Waals surface area contributed by atoms with Crippen molar-refractivity contribution in [2.45, 2.75) is 32.2 Å². The Morgan fingerprint density at radius 2 is 1.84 bits per heavy atom. The Morgan fingerprint density at radius 1 is 1.16 bits per heavy atom. The van der Waals surface area contributed by atoms with E-state index in [4.69, 9.17) is 9.47 Å². The molecule has 0 saturated heterocycles. The third-order valence-corrected chi connectivity index (χ3v) is 3.56. The molecule has 0 bridgehead atoms. The third-order valence-electron chi connectivity index (χ3n) is 3.56. The molecule has 0 fully saturated rings. The van der Waals surface area contributed by atoms with E-state index in [9.17, 15) is 0 Å². The molecule has 0 saturated carbocycles. The van der Waals surface area contributed by atoms with Crippen molar-refractivity contribution in [3.8, 4) is 11.5 Å². The number of benzene rings is 1. The average molecular weight is 261 g/mol. The lowest BCUT2D eigenvalue weighted by Crippen LogP contribution is -2.22. The molecule has 0 aromatic heterocycles. The Bertz CT molecular complexity index is 432. The summed E-state index contributed by atoms with van der Waals surface area (Å²) in [6.45, 7) is 3.08. The molecule has 1 aromatic rings. The molecule has 1 aliphatic rings. The number of ether oxygens (including phenoxy) is 2. The monoisotopic (exact) mass is 261 g/mol. The van der Waals surface area contributed by atoms with Crippen LogP contribution in [-0.4, -0.2) is 20.8 Å². The lowest BCUT2D eigenvalue weighted by atomic mass is 9.97.